The molecule has 0 saturated heterocycles. The van der Waals surface area contributed by atoms with Crippen molar-refractivity contribution in [1.29, 1.82) is 0 Å². The Labute approximate surface area is 260 Å². The van der Waals surface area contributed by atoms with Gasteiger partial charge in [0.2, 0.25) is 11.6 Å². The van der Waals surface area contributed by atoms with Gasteiger partial charge in [0.25, 0.3) is 0 Å². The highest BCUT2D eigenvalue weighted by Gasteiger charge is 2.43. The van der Waals surface area contributed by atoms with Gasteiger partial charge in [0.1, 0.15) is 5.76 Å². The molecule has 0 spiro atoms. The van der Waals surface area contributed by atoms with Crippen LogP contribution in [0.3, 0.4) is 0 Å². The molecular weight excluding hydrogens is 545 g/mol. The zero-order chi connectivity index (χ0) is 31.4. The molecule has 6 heteroatoms. The van der Waals surface area contributed by atoms with Crippen molar-refractivity contribution in [3.05, 3.63) is 95.1 Å². The first-order valence-corrected chi connectivity index (χ1v) is 19.2. The first kappa shape index (κ1) is 31.1. The minimum Gasteiger partial charge on any atom is -0.439 e. The lowest BCUT2D eigenvalue weighted by molar-refractivity contribution is -0.717. The van der Waals surface area contributed by atoms with Crippen LogP contribution in [0, 0.1) is 5.41 Å². The van der Waals surface area contributed by atoms with Gasteiger partial charge in [0.05, 0.1) is 31.5 Å². The van der Waals surface area contributed by atoms with Gasteiger partial charge in [0, 0.05) is 48.2 Å². The third-order valence-electron chi connectivity index (χ3n) is 9.27. The van der Waals surface area contributed by atoms with Crippen molar-refractivity contribution in [2.24, 2.45) is 10.4 Å². The van der Waals surface area contributed by atoms with Gasteiger partial charge in [0.15, 0.2) is 12.2 Å². The Morgan fingerprint density at radius 1 is 1.14 bits per heavy atom. The number of hydrogen-bond acceptors (Lipinski definition) is 4. The Morgan fingerprint density at radius 3 is 2.49 bits per heavy atom. The number of fused-ring (bicyclic) bond motifs is 6. The molecule has 5 rings (SSSR count). The second-order valence-electron chi connectivity index (χ2n) is 14.8. The van der Waals surface area contributed by atoms with Crippen LogP contribution in [0.2, 0.25) is 19.6 Å². The Balaban J connectivity index is 1.71. The van der Waals surface area contributed by atoms with Crippen molar-refractivity contribution in [2.75, 3.05) is 14.1 Å². The van der Waals surface area contributed by atoms with E-state index in [4.69, 9.17) is 9.73 Å². The Kier molecular flexibility index (Phi) is 8.14. The van der Waals surface area contributed by atoms with Gasteiger partial charge in [-0.3, -0.25) is 4.99 Å². The predicted octanol–water partition coefficient (Wildman–Crippen LogP) is 7.71. The number of rotatable bonds is 3. The van der Waals surface area contributed by atoms with E-state index in [1.807, 2.05) is 7.05 Å². The number of aliphatic imine (C=N–C) groups is 1. The number of benzene rings is 1. The van der Waals surface area contributed by atoms with Crippen molar-refractivity contribution in [1.82, 2.24) is 10.2 Å². The van der Waals surface area contributed by atoms with E-state index in [-0.39, 0.29) is 11.5 Å². The summed E-state index contributed by atoms with van der Waals surface area (Å²) in [6.45, 7) is 27.5. The van der Waals surface area contributed by atoms with Crippen molar-refractivity contribution < 1.29 is 9.30 Å². The van der Waals surface area contributed by atoms with Crippen molar-refractivity contribution in [2.45, 2.75) is 91.9 Å². The Bertz CT molecular complexity index is 1580. The van der Waals surface area contributed by atoms with Gasteiger partial charge in [-0.15, -0.1) is 0 Å². The summed E-state index contributed by atoms with van der Waals surface area (Å²) < 4.78 is 8.86. The second kappa shape index (κ2) is 11.3. The summed E-state index contributed by atoms with van der Waals surface area (Å²) in [4.78, 5) is 7.39. The van der Waals surface area contributed by atoms with E-state index < -0.39 is 8.07 Å². The lowest BCUT2D eigenvalue weighted by atomic mass is 9.77. The third kappa shape index (κ3) is 5.91. The van der Waals surface area contributed by atoms with Gasteiger partial charge >= 0.3 is 0 Å². The molecule has 0 bridgehead atoms. The fourth-order valence-electron chi connectivity index (χ4n) is 7.28. The Hall–Kier alpha value is -3.38. The standard InChI is InChI=1S/C37H51N4OSi/c1-23-19-32-30(17-18-31-35(24(2)39-23)26(4)42-36(38-8)25(3)40(31)9)28-15-13-14-16-29(28)33-20-27(21-37(5,6)7)34(22-41(32)33)43(10,11)12/h13-16,20,22,30,32,38H,1,4,17-19,21H2,2-3,5-12H3/q+1. The maximum absolute atomic E-state index is 6.25. The minimum absolute atomic E-state index is 0.213. The van der Waals surface area contributed by atoms with Gasteiger partial charge < -0.3 is 15.0 Å². The summed E-state index contributed by atoms with van der Waals surface area (Å²) in [6, 6.07) is 11.8. The molecule has 2 unspecified atom stereocenters. The van der Waals surface area contributed by atoms with Crippen LogP contribution in [0.5, 0.6) is 0 Å². The van der Waals surface area contributed by atoms with Crippen LogP contribution in [0.4, 0.5) is 0 Å². The van der Waals surface area contributed by atoms with Crippen LogP contribution in [-0.4, -0.2) is 32.8 Å². The normalized spacial score (nSPS) is 21.3. The smallest absolute Gasteiger partial charge is 0.213 e. The van der Waals surface area contributed by atoms with Gasteiger partial charge in [-0.2, -0.15) is 4.57 Å². The number of nitrogens with zero attached hydrogens (tertiary/aromatic N) is 3. The van der Waals surface area contributed by atoms with E-state index in [2.05, 4.69) is 126 Å². The highest BCUT2D eigenvalue weighted by molar-refractivity contribution is 6.89. The first-order chi connectivity index (χ1) is 20.1. The van der Waals surface area contributed by atoms with E-state index in [1.165, 1.54) is 28.1 Å². The summed E-state index contributed by atoms with van der Waals surface area (Å²) >= 11 is 0. The van der Waals surface area contributed by atoms with Gasteiger partial charge in [-0.25, -0.2) is 0 Å². The molecule has 0 saturated carbocycles. The number of ether oxygens (including phenoxy) is 1. The molecule has 3 aliphatic rings. The maximum Gasteiger partial charge on any atom is 0.213 e. The fourth-order valence-corrected chi connectivity index (χ4v) is 8.93. The molecule has 1 N–H and O–H groups in total. The van der Waals surface area contributed by atoms with E-state index in [1.54, 1.807) is 5.19 Å². The summed E-state index contributed by atoms with van der Waals surface area (Å²) in [5, 5.41) is 4.78. The van der Waals surface area contributed by atoms with Crippen LogP contribution in [-0.2, 0) is 11.2 Å². The molecule has 0 amide bonds. The molecule has 3 aliphatic heterocycles. The highest BCUT2D eigenvalue weighted by Crippen LogP contribution is 2.45. The van der Waals surface area contributed by atoms with Crippen molar-refractivity contribution >= 4 is 19.0 Å². The molecule has 0 radical (unpaired) electrons. The van der Waals surface area contributed by atoms with Gasteiger partial charge in [-0.1, -0.05) is 71.8 Å². The van der Waals surface area contributed by atoms with E-state index >= 15 is 0 Å². The highest BCUT2D eigenvalue weighted by atomic mass is 28.3. The monoisotopic (exact) mass is 595 g/mol. The average Bonchev–Trinajstić information content (AvgIpc) is 3.00. The number of hydrogen-bond donors (Lipinski definition) is 1. The molecule has 1 aromatic heterocycles. The largest absolute Gasteiger partial charge is 0.439 e. The molecule has 43 heavy (non-hydrogen) atoms. The molecule has 2 atom stereocenters. The number of nitrogens with one attached hydrogen (secondary N) is 1. The zero-order valence-electron chi connectivity index (χ0n) is 28.1. The first-order valence-electron chi connectivity index (χ1n) is 15.7. The third-order valence-corrected chi connectivity index (χ3v) is 11.3. The minimum atomic E-state index is -1.64. The van der Waals surface area contributed by atoms with Crippen molar-refractivity contribution in [3.63, 3.8) is 0 Å². The molecule has 0 fully saturated rings. The summed E-state index contributed by atoms with van der Waals surface area (Å²) in [6.07, 6.45) is 6.29. The molecular formula is C37H51N4OSi+. The molecule has 1 aromatic carbocycles. The van der Waals surface area contributed by atoms with Crippen LogP contribution in [0.25, 0.3) is 11.3 Å². The van der Waals surface area contributed by atoms with Crippen LogP contribution >= 0.6 is 0 Å². The lowest BCUT2D eigenvalue weighted by Gasteiger charge is -2.34. The van der Waals surface area contributed by atoms with Crippen LogP contribution in [0.1, 0.15) is 77.0 Å². The lowest BCUT2D eigenvalue weighted by Crippen LogP contribution is -2.54. The number of aromatic nitrogens is 1. The molecule has 5 nitrogen and oxygen atoms in total. The van der Waals surface area contributed by atoms with E-state index in [0.717, 1.165) is 54.2 Å². The molecule has 0 aliphatic carbocycles. The summed E-state index contributed by atoms with van der Waals surface area (Å²) in [5.41, 5.74) is 10.8. The zero-order valence-corrected chi connectivity index (χ0v) is 29.1. The quantitative estimate of drug-likeness (QED) is 0.292. The average molecular weight is 596 g/mol. The second-order valence-corrected chi connectivity index (χ2v) is 19.9. The van der Waals surface area contributed by atoms with Gasteiger partial charge in [-0.05, 0) is 55.7 Å². The van der Waals surface area contributed by atoms with Crippen LogP contribution < -0.4 is 15.1 Å². The SMILES string of the molecule is C=C1CC2C(CCC3=C(C(=C)OC(NC)=C(C)N3C)C(C)=N1)c1ccccc1-c1cc(CC(C)(C)C)c([Si](C)(C)C)c[n+]12. The van der Waals surface area contributed by atoms with Crippen LogP contribution in [0.15, 0.2) is 89.0 Å². The summed E-state index contributed by atoms with van der Waals surface area (Å²) in [7, 11) is 2.38. The van der Waals surface area contributed by atoms with Crippen molar-refractivity contribution in [3.8, 4) is 11.3 Å². The molecule has 2 aromatic rings. The Morgan fingerprint density at radius 2 is 1.84 bits per heavy atom. The number of allylic oxidation sites excluding steroid dienone is 4. The van der Waals surface area contributed by atoms with E-state index in [9.17, 15) is 0 Å². The topological polar surface area (TPSA) is 40.7 Å². The molecule has 4 heterocycles. The van der Waals surface area contributed by atoms with E-state index in [0.29, 0.717) is 11.7 Å². The fraction of sp³-hybridized carbons (Fsp3) is 0.459. The predicted molar refractivity (Wildman–Crippen MR) is 183 cm³/mol. The summed E-state index contributed by atoms with van der Waals surface area (Å²) in [5.74, 6) is 1.66. The molecule has 228 valence electrons. The maximum atomic E-state index is 6.25. The number of pyridine rings is 1.